The summed E-state index contributed by atoms with van der Waals surface area (Å²) in [5, 5.41) is 10.3. The molecule has 0 aliphatic heterocycles. The smallest absolute Gasteiger partial charge is 0.179 e. The van der Waals surface area contributed by atoms with Gasteiger partial charge in [-0.3, -0.25) is 4.98 Å². The minimum atomic E-state index is -0.425. The molecule has 3 aromatic rings. The van der Waals surface area contributed by atoms with E-state index in [-0.39, 0.29) is 11.4 Å². The molecule has 0 fully saturated rings. The largest absolute Gasteiger partial charge is 0.426 e. The van der Waals surface area contributed by atoms with Gasteiger partial charge in [-0.25, -0.2) is 9.37 Å². The van der Waals surface area contributed by atoms with Crippen molar-refractivity contribution in [2.24, 2.45) is 0 Å². The summed E-state index contributed by atoms with van der Waals surface area (Å²) in [4.78, 5) is 8.28. The van der Waals surface area contributed by atoms with Gasteiger partial charge < -0.3 is 5.21 Å². The Balaban J connectivity index is 2.20. The molecule has 0 bridgehead atoms. The van der Waals surface area contributed by atoms with Crippen LogP contribution < -0.4 is 0 Å². The van der Waals surface area contributed by atoms with E-state index in [1.54, 1.807) is 43.6 Å². The third-order valence-corrected chi connectivity index (χ3v) is 3.08. The van der Waals surface area contributed by atoms with Crippen LogP contribution in [0.2, 0.25) is 0 Å². The second kappa shape index (κ2) is 4.77. The van der Waals surface area contributed by atoms with Gasteiger partial charge in [0, 0.05) is 18.0 Å². The molecule has 20 heavy (non-hydrogen) atoms. The maximum Gasteiger partial charge on any atom is 0.179 e. The molecule has 5 heteroatoms. The van der Waals surface area contributed by atoms with Crippen molar-refractivity contribution in [2.45, 2.75) is 6.92 Å². The van der Waals surface area contributed by atoms with Gasteiger partial charge in [-0.1, -0.05) is 12.1 Å². The van der Waals surface area contributed by atoms with E-state index in [1.807, 2.05) is 6.07 Å². The molecule has 1 aromatic carbocycles. The van der Waals surface area contributed by atoms with E-state index in [9.17, 15) is 9.60 Å². The van der Waals surface area contributed by atoms with Crippen LogP contribution in [0.1, 0.15) is 5.69 Å². The molecule has 0 spiro atoms. The summed E-state index contributed by atoms with van der Waals surface area (Å²) >= 11 is 0. The second-order valence-electron chi connectivity index (χ2n) is 4.40. The number of imidazole rings is 1. The van der Waals surface area contributed by atoms with Crippen molar-refractivity contribution in [1.82, 2.24) is 14.7 Å². The van der Waals surface area contributed by atoms with Crippen molar-refractivity contribution in [3.8, 4) is 22.6 Å². The average molecular weight is 269 g/mol. The molecule has 3 rings (SSSR count). The minimum Gasteiger partial charge on any atom is -0.426 e. The van der Waals surface area contributed by atoms with Gasteiger partial charge in [0.15, 0.2) is 5.82 Å². The highest BCUT2D eigenvalue weighted by molar-refractivity contribution is 5.67. The van der Waals surface area contributed by atoms with E-state index in [2.05, 4.69) is 9.97 Å². The number of aryl methyl sites for hydroxylation is 1. The molecule has 2 heterocycles. The van der Waals surface area contributed by atoms with Crippen molar-refractivity contribution in [3.05, 3.63) is 60.3 Å². The standard InChI is InChI=1S/C15H12FN3O/c1-10-14(11-5-4-8-17-9-11)19(20)15(18-10)12-6-2-3-7-13(12)16/h2-9,20H,1H3. The summed E-state index contributed by atoms with van der Waals surface area (Å²) in [6.45, 7) is 1.76. The number of hydrogen-bond donors (Lipinski definition) is 1. The van der Waals surface area contributed by atoms with Crippen molar-refractivity contribution in [2.75, 3.05) is 0 Å². The lowest BCUT2D eigenvalue weighted by Crippen LogP contribution is -1.98. The highest BCUT2D eigenvalue weighted by atomic mass is 19.1. The molecule has 0 unspecified atom stereocenters. The summed E-state index contributed by atoms with van der Waals surface area (Å²) in [6, 6.07) is 9.80. The molecule has 4 nitrogen and oxygen atoms in total. The zero-order valence-corrected chi connectivity index (χ0v) is 10.8. The molecule has 0 amide bonds. The zero-order chi connectivity index (χ0) is 14.1. The van der Waals surface area contributed by atoms with Crippen molar-refractivity contribution >= 4 is 0 Å². The molecular weight excluding hydrogens is 257 g/mol. The van der Waals surface area contributed by atoms with Crippen LogP contribution in [0.15, 0.2) is 48.8 Å². The molecule has 1 N–H and O–H groups in total. The SMILES string of the molecule is Cc1nc(-c2ccccc2F)n(O)c1-c1cccnc1. The molecule has 0 aliphatic rings. The number of benzene rings is 1. The molecule has 0 aliphatic carbocycles. The van der Waals surface area contributed by atoms with E-state index >= 15 is 0 Å². The third-order valence-electron chi connectivity index (χ3n) is 3.08. The lowest BCUT2D eigenvalue weighted by Gasteiger charge is -2.05. The number of hydrogen-bond acceptors (Lipinski definition) is 3. The first kappa shape index (κ1) is 12.3. The van der Waals surface area contributed by atoms with Crippen LogP contribution in [0, 0.1) is 12.7 Å². The molecule has 0 saturated heterocycles. The maximum atomic E-state index is 13.8. The van der Waals surface area contributed by atoms with Crippen molar-refractivity contribution in [3.63, 3.8) is 0 Å². The van der Waals surface area contributed by atoms with E-state index in [0.29, 0.717) is 11.4 Å². The normalized spacial score (nSPS) is 10.7. The summed E-state index contributed by atoms with van der Waals surface area (Å²) in [7, 11) is 0. The Hall–Kier alpha value is -2.69. The second-order valence-corrected chi connectivity index (χ2v) is 4.40. The van der Waals surface area contributed by atoms with Gasteiger partial charge in [0.05, 0.1) is 11.3 Å². The van der Waals surface area contributed by atoms with Crippen LogP contribution in [-0.2, 0) is 0 Å². The van der Waals surface area contributed by atoms with Gasteiger partial charge in [-0.05, 0) is 31.2 Å². The lowest BCUT2D eigenvalue weighted by molar-refractivity contribution is 0.195. The summed E-state index contributed by atoms with van der Waals surface area (Å²) in [5.74, 6) is -0.245. The van der Waals surface area contributed by atoms with Crippen LogP contribution in [0.3, 0.4) is 0 Å². The maximum absolute atomic E-state index is 13.8. The fourth-order valence-corrected chi connectivity index (χ4v) is 2.17. The molecule has 0 atom stereocenters. The summed E-state index contributed by atoms with van der Waals surface area (Å²) < 4.78 is 14.7. The van der Waals surface area contributed by atoms with Crippen LogP contribution in [0.5, 0.6) is 0 Å². The number of aromatic nitrogens is 3. The van der Waals surface area contributed by atoms with E-state index in [1.165, 1.54) is 6.07 Å². The lowest BCUT2D eigenvalue weighted by atomic mass is 10.2. The van der Waals surface area contributed by atoms with Crippen LogP contribution in [-0.4, -0.2) is 19.9 Å². The van der Waals surface area contributed by atoms with Gasteiger partial charge in [0.25, 0.3) is 0 Å². The first-order chi connectivity index (χ1) is 9.68. The fraction of sp³-hybridized carbons (Fsp3) is 0.0667. The quantitative estimate of drug-likeness (QED) is 0.726. The van der Waals surface area contributed by atoms with E-state index in [0.717, 1.165) is 10.3 Å². The Labute approximate surface area is 115 Å². The van der Waals surface area contributed by atoms with Crippen molar-refractivity contribution < 1.29 is 9.60 Å². The fourth-order valence-electron chi connectivity index (χ4n) is 2.17. The first-order valence-corrected chi connectivity index (χ1v) is 6.12. The summed E-state index contributed by atoms with van der Waals surface area (Å²) in [6.07, 6.45) is 3.27. The predicted octanol–water partition coefficient (Wildman–Crippen LogP) is 3.30. The third kappa shape index (κ3) is 1.93. The number of rotatable bonds is 2. The average Bonchev–Trinajstić information content (AvgIpc) is 2.75. The van der Waals surface area contributed by atoms with Gasteiger partial charge in [-0.15, -0.1) is 0 Å². The van der Waals surface area contributed by atoms with Crippen LogP contribution >= 0.6 is 0 Å². The Morgan fingerprint density at radius 3 is 2.65 bits per heavy atom. The predicted molar refractivity (Wildman–Crippen MR) is 72.8 cm³/mol. The number of halogens is 1. The summed E-state index contributed by atoms with van der Waals surface area (Å²) in [5.41, 5.74) is 2.10. The Morgan fingerprint density at radius 2 is 1.95 bits per heavy atom. The van der Waals surface area contributed by atoms with Gasteiger partial charge >= 0.3 is 0 Å². The zero-order valence-electron chi connectivity index (χ0n) is 10.8. The highest BCUT2D eigenvalue weighted by Gasteiger charge is 2.19. The number of nitrogens with zero attached hydrogens (tertiary/aromatic N) is 3. The number of pyridine rings is 1. The first-order valence-electron chi connectivity index (χ1n) is 6.12. The molecule has 0 radical (unpaired) electrons. The Morgan fingerprint density at radius 1 is 1.15 bits per heavy atom. The highest BCUT2D eigenvalue weighted by Crippen LogP contribution is 2.29. The van der Waals surface area contributed by atoms with Crippen molar-refractivity contribution in [1.29, 1.82) is 0 Å². The molecule has 100 valence electrons. The molecular formula is C15H12FN3O. The van der Waals surface area contributed by atoms with E-state index in [4.69, 9.17) is 0 Å². The monoisotopic (exact) mass is 269 g/mol. The minimum absolute atomic E-state index is 0.180. The van der Waals surface area contributed by atoms with Gasteiger partial charge in [-0.2, -0.15) is 4.73 Å². The molecule has 2 aromatic heterocycles. The van der Waals surface area contributed by atoms with E-state index < -0.39 is 5.82 Å². The topological polar surface area (TPSA) is 50.9 Å². The molecule has 0 saturated carbocycles. The Bertz CT molecular complexity index is 753. The Kier molecular flexibility index (Phi) is 2.95. The van der Waals surface area contributed by atoms with Gasteiger partial charge in [0.1, 0.15) is 11.5 Å². The van der Waals surface area contributed by atoms with Crippen LogP contribution in [0.25, 0.3) is 22.6 Å². The van der Waals surface area contributed by atoms with Gasteiger partial charge in [0.2, 0.25) is 0 Å². The van der Waals surface area contributed by atoms with Crippen LogP contribution in [0.4, 0.5) is 4.39 Å².